The minimum Gasteiger partial charge on any atom is -0.357 e. The molecule has 0 bridgehead atoms. The van der Waals surface area contributed by atoms with Gasteiger partial charge in [0.1, 0.15) is 10.6 Å². The molecule has 2 unspecified atom stereocenters. The van der Waals surface area contributed by atoms with E-state index >= 15 is 0 Å². The van der Waals surface area contributed by atoms with E-state index in [4.69, 9.17) is 4.98 Å². The fourth-order valence-electron chi connectivity index (χ4n) is 3.84. The van der Waals surface area contributed by atoms with E-state index < -0.39 is 0 Å². The van der Waals surface area contributed by atoms with Crippen LogP contribution in [0.3, 0.4) is 0 Å². The van der Waals surface area contributed by atoms with Crippen LogP contribution >= 0.6 is 11.3 Å². The zero-order valence-electron chi connectivity index (χ0n) is 11.8. The maximum Gasteiger partial charge on any atom is 0.225 e. The molecule has 0 amide bonds. The molecular formula is C15H20N4S. The highest BCUT2D eigenvalue weighted by molar-refractivity contribution is 7.16. The number of aromatic nitrogens is 2. The summed E-state index contributed by atoms with van der Waals surface area (Å²) in [5.41, 5.74) is 0. The van der Waals surface area contributed by atoms with Crippen LogP contribution in [0.4, 0.5) is 11.8 Å². The molecule has 0 spiro atoms. The summed E-state index contributed by atoms with van der Waals surface area (Å²) in [5, 5.41) is 6.45. The fourth-order valence-corrected chi connectivity index (χ4v) is 4.60. The molecule has 106 valence electrons. The number of nitrogens with one attached hydrogen (secondary N) is 1. The van der Waals surface area contributed by atoms with Crippen molar-refractivity contribution < 1.29 is 0 Å². The maximum absolute atomic E-state index is 4.78. The largest absolute Gasteiger partial charge is 0.357 e. The van der Waals surface area contributed by atoms with Gasteiger partial charge in [-0.1, -0.05) is 12.8 Å². The summed E-state index contributed by atoms with van der Waals surface area (Å²) in [4.78, 5) is 13.0. The van der Waals surface area contributed by atoms with Gasteiger partial charge in [0, 0.05) is 19.6 Å². The molecule has 2 aromatic rings. The van der Waals surface area contributed by atoms with Gasteiger partial charge in [0.05, 0.1) is 5.39 Å². The van der Waals surface area contributed by atoms with Gasteiger partial charge < -0.3 is 10.2 Å². The van der Waals surface area contributed by atoms with E-state index in [0.29, 0.717) is 6.04 Å². The number of rotatable bonds is 2. The smallest absolute Gasteiger partial charge is 0.225 e. The predicted octanol–water partition coefficient (Wildman–Crippen LogP) is 3.50. The topological polar surface area (TPSA) is 41.1 Å². The molecule has 2 fully saturated rings. The number of nitrogens with zero attached hydrogens (tertiary/aromatic N) is 3. The lowest BCUT2D eigenvalue weighted by Crippen LogP contribution is -2.35. The summed E-state index contributed by atoms with van der Waals surface area (Å²) in [7, 11) is 1.89. The highest BCUT2D eigenvalue weighted by Crippen LogP contribution is 2.40. The Morgan fingerprint density at radius 2 is 2.15 bits per heavy atom. The van der Waals surface area contributed by atoms with Gasteiger partial charge in [0.15, 0.2) is 0 Å². The predicted molar refractivity (Wildman–Crippen MR) is 84.7 cm³/mol. The summed E-state index contributed by atoms with van der Waals surface area (Å²) < 4.78 is 0. The fraction of sp³-hybridized carbons (Fsp3) is 0.600. The molecule has 0 radical (unpaired) electrons. The molecule has 5 heteroatoms. The third kappa shape index (κ3) is 1.87. The van der Waals surface area contributed by atoms with Crippen LogP contribution in [0.2, 0.25) is 0 Å². The van der Waals surface area contributed by atoms with Gasteiger partial charge in [0.25, 0.3) is 0 Å². The van der Waals surface area contributed by atoms with Crippen LogP contribution in [-0.4, -0.2) is 29.6 Å². The van der Waals surface area contributed by atoms with Crippen LogP contribution < -0.4 is 10.2 Å². The normalized spacial score (nSPS) is 25.9. The second-order valence-electron chi connectivity index (χ2n) is 5.85. The molecule has 2 atom stereocenters. The minimum absolute atomic E-state index is 0.700. The quantitative estimate of drug-likeness (QED) is 0.918. The lowest BCUT2D eigenvalue weighted by molar-refractivity contribution is 0.341. The van der Waals surface area contributed by atoms with Crippen LogP contribution in [0.1, 0.15) is 32.1 Å². The third-order valence-corrected chi connectivity index (χ3v) is 5.62. The average molecular weight is 288 g/mol. The van der Waals surface area contributed by atoms with Crippen LogP contribution in [-0.2, 0) is 0 Å². The van der Waals surface area contributed by atoms with Crippen molar-refractivity contribution in [3.8, 4) is 0 Å². The van der Waals surface area contributed by atoms with Crippen LogP contribution in [0.25, 0.3) is 10.2 Å². The summed E-state index contributed by atoms with van der Waals surface area (Å²) in [5.74, 6) is 2.77. The van der Waals surface area contributed by atoms with E-state index in [2.05, 4.69) is 26.6 Å². The third-order valence-electron chi connectivity index (χ3n) is 4.81. The Kier molecular flexibility index (Phi) is 3.02. The van der Waals surface area contributed by atoms with Gasteiger partial charge in [0.2, 0.25) is 5.95 Å². The molecule has 4 rings (SSSR count). The van der Waals surface area contributed by atoms with E-state index in [1.54, 1.807) is 11.3 Å². The SMILES string of the molecule is CNc1nc(N2CCC3CCCCC32)c2ccsc2n1. The first-order valence-electron chi connectivity index (χ1n) is 7.56. The molecule has 1 saturated heterocycles. The monoisotopic (exact) mass is 288 g/mol. The number of hydrogen-bond donors (Lipinski definition) is 1. The molecular weight excluding hydrogens is 268 g/mol. The molecule has 20 heavy (non-hydrogen) atoms. The highest BCUT2D eigenvalue weighted by Gasteiger charge is 2.37. The molecule has 1 aliphatic heterocycles. The molecule has 1 saturated carbocycles. The Morgan fingerprint density at radius 1 is 1.25 bits per heavy atom. The lowest BCUT2D eigenvalue weighted by Gasteiger charge is -2.32. The first-order chi connectivity index (χ1) is 9.86. The maximum atomic E-state index is 4.78. The summed E-state index contributed by atoms with van der Waals surface area (Å²) >= 11 is 1.70. The van der Waals surface area contributed by atoms with E-state index in [1.807, 2.05) is 7.05 Å². The Labute approximate surface area is 123 Å². The van der Waals surface area contributed by atoms with Gasteiger partial charge in [-0.2, -0.15) is 4.98 Å². The first-order valence-corrected chi connectivity index (χ1v) is 8.44. The van der Waals surface area contributed by atoms with Gasteiger partial charge in [-0.05, 0) is 36.6 Å². The van der Waals surface area contributed by atoms with Crippen molar-refractivity contribution in [1.82, 2.24) is 9.97 Å². The van der Waals surface area contributed by atoms with Crippen LogP contribution in [0, 0.1) is 5.92 Å². The molecule has 1 aliphatic carbocycles. The van der Waals surface area contributed by atoms with Gasteiger partial charge in [-0.15, -0.1) is 11.3 Å². The van der Waals surface area contributed by atoms with Crippen molar-refractivity contribution in [3.05, 3.63) is 11.4 Å². The van der Waals surface area contributed by atoms with Gasteiger partial charge >= 0.3 is 0 Å². The molecule has 1 N–H and O–H groups in total. The molecule has 2 aliphatic rings. The van der Waals surface area contributed by atoms with Crippen molar-refractivity contribution in [2.75, 3.05) is 23.8 Å². The van der Waals surface area contributed by atoms with Crippen LogP contribution in [0.15, 0.2) is 11.4 Å². The standard InChI is InChI=1S/C15H20N4S/c1-16-15-17-13(11-7-9-20-14(11)18-15)19-8-6-10-4-2-3-5-12(10)19/h7,9-10,12H,2-6,8H2,1H3,(H,16,17,18). The molecule has 0 aromatic carbocycles. The zero-order valence-corrected chi connectivity index (χ0v) is 12.6. The van der Waals surface area contributed by atoms with Crippen molar-refractivity contribution in [3.63, 3.8) is 0 Å². The number of thiophene rings is 1. The van der Waals surface area contributed by atoms with Crippen molar-refractivity contribution in [1.29, 1.82) is 0 Å². The van der Waals surface area contributed by atoms with E-state index in [1.165, 1.54) is 37.5 Å². The zero-order chi connectivity index (χ0) is 13.5. The minimum atomic E-state index is 0.700. The van der Waals surface area contributed by atoms with Crippen molar-refractivity contribution in [2.45, 2.75) is 38.1 Å². The van der Waals surface area contributed by atoms with Gasteiger partial charge in [-0.3, -0.25) is 0 Å². The van der Waals surface area contributed by atoms with E-state index in [9.17, 15) is 0 Å². The second kappa shape index (κ2) is 4.88. The molecule has 4 nitrogen and oxygen atoms in total. The first kappa shape index (κ1) is 12.4. The van der Waals surface area contributed by atoms with Crippen molar-refractivity contribution in [2.24, 2.45) is 5.92 Å². The molecule has 2 aromatic heterocycles. The number of anilines is 2. The van der Waals surface area contributed by atoms with E-state index in [0.717, 1.165) is 29.1 Å². The Morgan fingerprint density at radius 3 is 3.05 bits per heavy atom. The summed E-state index contributed by atoms with van der Waals surface area (Å²) in [6, 6.07) is 2.87. The Hall–Kier alpha value is -1.36. The van der Waals surface area contributed by atoms with Gasteiger partial charge in [-0.25, -0.2) is 4.98 Å². The second-order valence-corrected chi connectivity index (χ2v) is 6.75. The summed E-state index contributed by atoms with van der Waals surface area (Å²) in [6.45, 7) is 1.15. The number of fused-ring (bicyclic) bond motifs is 2. The Bertz CT molecular complexity index is 623. The van der Waals surface area contributed by atoms with E-state index in [-0.39, 0.29) is 0 Å². The average Bonchev–Trinajstić information content (AvgIpc) is 3.12. The lowest BCUT2D eigenvalue weighted by atomic mass is 9.85. The highest BCUT2D eigenvalue weighted by atomic mass is 32.1. The number of hydrogen-bond acceptors (Lipinski definition) is 5. The van der Waals surface area contributed by atoms with Crippen LogP contribution in [0.5, 0.6) is 0 Å². The van der Waals surface area contributed by atoms with Crippen molar-refractivity contribution >= 4 is 33.3 Å². The Balaban J connectivity index is 1.79. The summed E-state index contributed by atoms with van der Waals surface area (Å²) in [6.07, 6.45) is 6.84. The molecule has 3 heterocycles.